The van der Waals surface area contributed by atoms with E-state index in [0.29, 0.717) is 16.7 Å². The summed E-state index contributed by atoms with van der Waals surface area (Å²) in [7, 11) is 0. The molecule has 0 unspecified atom stereocenters. The Morgan fingerprint density at radius 1 is 1.10 bits per heavy atom. The minimum Gasteiger partial charge on any atom is -0.438 e. The number of nitrogens with zero attached hydrogens (tertiary/aromatic N) is 3. The molecule has 1 aliphatic heterocycles. The third-order valence-corrected chi connectivity index (χ3v) is 2.88. The first-order chi connectivity index (χ1) is 9.72. The number of halogens is 1. The Morgan fingerprint density at radius 3 is 2.60 bits per heavy atom. The van der Waals surface area contributed by atoms with Crippen molar-refractivity contribution < 1.29 is 4.74 Å². The van der Waals surface area contributed by atoms with E-state index in [4.69, 9.17) is 21.7 Å². The van der Waals surface area contributed by atoms with Gasteiger partial charge in [-0.25, -0.2) is 9.97 Å². The number of nitrogens with one attached hydrogen (secondary N) is 1. The van der Waals surface area contributed by atoms with Crippen molar-refractivity contribution in [3.8, 4) is 16.9 Å². The fraction of sp³-hybridized carbons (Fsp3) is 0. The number of amidine groups is 1. The van der Waals surface area contributed by atoms with Crippen molar-refractivity contribution in [1.29, 1.82) is 5.41 Å². The molecule has 0 saturated carbocycles. The van der Waals surface area contributed by atoms with Gasteiger partial charge in [0.05, 0.1) is 0 Å². The van der Waals surface area contributed by atoms with Crippen LogP contribution in [0.15, 0.2) is 54.1 Å². The maximum atomic E-state index is 7.40. The van der Waals surface area contributed by atoms with E-state index in [-0.39, 0.29) is 5.84 Å². The molecule has 0 bridgehead atoms. The van der Waals surface area contributed by atoms with Crippen molar-refractivity contribution in [1.82, 2.24) is 9.97 Å². The molecule has 0 fully saturated rings. The summed E-state index contributed by atoms with van der Waals surface area (Å²) in [6.45, 7) is 0. The average Bonchev–Trinajstić information content (AvgIpc) is 2.87. The lowest BCUT2D eigenvalue weighted by atomic mass is 10.1. The molecule has 2 heterocycles. The fourth-order valence-corrected chi connectivity index (χ4v) is 1.94. The number of aliphatic imine (C=N–C) groups is 1. The molecule has 0 atom stereocenters. The van der Waals surface area contributed by atoms with E-state index < -0.39 is 0 Å². The van der Waals surface area contributed by atoms with Crippen molar-refractivity contribution in [2.45, 2.75) is 0 Å². The highest BCUT2D eigenvalue weighted by atomic mass is 35.5. The van der Waals surface area contributed by atoms with Crippen molar-refractivity contribution in [2.75, 3.05) is 0 Å². The standard InChI is InChI=1S/C14H9ClN4O/c15-10-1-2-12(20-14-4-3-13(16)19-14)11(5-10)9-6-17-8-18-7-9/h1-8,16H. The first-order valence-corrected chi connectivity index (χ1v) is 6.18. The number of benzene rings is 1. The number of hydrogen-bond acceptors (Lipinski definition) is 4. The minimum absolute atomic E-state index is 0.165. The smallest absolute Gasteiger partial charge is 0.221 e. The van der Waals surface area contributed by atoms with Crippen LogP contribution in [-0.4, -0.2) is 21.7 Å². The Balaban J connectivity index is 2.01. The van der Waals surface area contributed by atoms with Crippen LogP contribution in [0.5, 0.6) is 5.75 Å². The van der Waals surface area contributed by atoms with Crippen LogP contribution in [0.2, 0.25) is 5.02 Å². The van der Waals surface area contributed by atoms with Crippen molar-refractivity contribution in [2.24, 2.45) is 4.99 Å². The van der Waals surface area contributed by atoms with Gasteiger partial charge >= 0.3 is 0 Å². The van der Waals surface area contributed by atoms with Gasteiger partial charge in [-0.15, -0.1) is 0 Å². The van der Waals surface area contributed by atoms with Gasteiger partial charge in [-0.3, -0.25) is 5.41 Å². The van der Waals surface area contributed by atoms with Crippen LogP contribution in [0.25, 0.3) is 11.1 Å². The van der Waals surface area contributed by atoms with E-state index in [1.54, 1.807) is 42.7 Å². The maximum absolute atomic E-state index is 7.40. The lowest BCUT2D eigenvalue weighted by Gasteiger charge is -2.10. The highest BCUT2D eigenvalue weighted by molar-refractivity contribution is 6.31. The van der Waals surface area contributed by atoms with Gasteiger partial charge in [-0.2, -0.15) is 4.99 Å². The predicted octanol–water partition coefficient (Wildman–Crippen LogP) is 3.12. The highest BCUT2D eigenvalue weighted by Gasteiger charge is 2.12. The van der Waals surface area contributed by atoms with Crippen LogP contribution in [-0.2, 0) is 0 Å². The van der Waals surface area contributed by atoms with E-state index in [1.165, 1.54) is 6.33 Å². The lowest BCUT2D eigenvalue weighted by Crippen LogP contribution is -2.04. The average molecular weight is 285 g/mol. The molecular weight excluding hydrogens is 276 g/mol. The number of aromatic nitrogens is 2. The summed E-state index contributed by atoms with van der Waals surface area (Å²) in [5, 5.41) is 7.99. The van der Waals surface area contributed by atoms with Crippen LogP contribution in [0.3, 0.4) is 0 Å². The number of rotatable bonds is 2. The normalized spacial score (nSPS) is 13.4. The van der Waals surface area contributed by atoms with Crippen molar-refractivity contribution in [3.63, 3.8) is 0 Å². The van der Waals surface area contributed by atoms with Gasteiger partial charge in [0.1, 0.15) is 17.9 Å². The van der Waals surface area contributed by atoms with Crippen LogP contribution in [0, 0.1) is 5.41 Å². The van der Waals surface area contributed by atoms with Gasteiger partial charge in [-0.05, 0) is 24.3 Å². The predicted molar refractivity (Wildman–Crippen MR) is 77.4 cm³/mol. The summed E-state index contributed by atoms with van der Waals surface area (Å²) in [6.07, 6.45) is 8.03. The molecule has 98 valence electrons. The van der Waals surface area contributed by atoms with Gasteiger partial charge in [-0.1, -0.05) is 11.6 Å². The molecule has 0 spiro atoms. The zero-order valence-electron chi connectivity index (χ0n) is 10.2. The second kappa shape index (κ2) is 5.22. The summed E-state index contributed by atoms with van der Waals surface area (Å²) in [5.41, 5.74) is 1.57. The summed E-state index contributed by atoms with van der Waals surface area (Å²) < 4.78 is 5.69. The van der Waals surface area contributed by atoms with E-state index in [9.17, 15) is 0 Å². The Bertz CT molecular complexity index is 725. The molecule has 1 aromatic carbocycles. The second-order valence-electron chi connectivity index (χ2n) is 4.04. The van der Waals surface area contributed by atoms with Crippen molar-refractivity contribution >= 4 is 23.3 Å². The quantitative estimate of drug-likeness (QED) is 0.921. The van der Waals surface area contributed by atoms with Crippen molar-refractivity contribution in [3.05, 3.63) is 54.1 Å². The molecule has 0 aliphatic carbocycles. The molecule has 1 N–H and O–H groups in total. The SMILES string of the molecule is N=C1C=CC(Oc2ccc(Cl)cc2-c2cncnc2)=N1. The Morgan fingerprint density at radius 2 is 1.90 bits per heavy atom. The fourth-order valence-electron chi connectivity index (χ4n) is 1.77. The van der Waals surface area contributed by atoms with E-state index in [0.717, 1.165) is 11.1 Å². The Labute approximate surface area is 120 Å². The molecule has 1 aromatic heterocycles. The molecule has 3 rings (SSSR count). The van der Waals surface area contributed by atoms with Gasteiger partial charge in [0.15, 0.2) is 0 Å². The molecule has 0 radical (unpaired) electrons. The van der Waals surface area contributed by atoms with Crippen LogP contribution in [0.1, 0.15) is 0 Å². The van der Waals surface area contributed by atoms with Gasteiger partial charge in [0.25, 0.3) is 0 Å². The van der Waals surface area contributed by atoms with Gasteiger partial charge < -0.3 is 4.74 Å². The number of ether oxygens (including phenoxy) is 1. The summed E-state index contributed by atoms with van der Waals surface area (Å²) in [6, 6.07) is 5.26. The van der Waals surface area contributed by atoms with Gasteiger partial charge in [0, 0.05) is 34.6 Å². The van der Waals surface area contributed by atoms with E-state index in [1.807, 2.05) is 0 Å². The first-order valence-electron chi connectivity index (χ1n) is 5.80. The highest BCUT2D eigenvalue weighted by Crippen LogP contribution is 2.32. The third-order valence-electron chi connectivity index (χ3n) is 2.64. The van der Waals surface area contributed by atoms with E-state index >= 15 is 0 Å². The molecule has 5 nitrogen and oxygen atoms in total. The Hall–Kier alpha value is -2.53. The number of hydrogen-bond donors (Lipinski definition) is 1. The molecule has 20 heavy (non-hydrogen) atoms. The lowest BCUT2D eigenvalue weighted by molar-refractivity contribution is 0.559. The first kappa shape index (κ1) is 12.5. The molecule has 1 aliphatic rings. The monoisotopic (exact) mass is 284 g/mol. The molecule has 6 heteroatoms. The molecular formula is C14H9ClN4O. The zero-order valence-corrected chi connectivity index (χ0v) is 11.0. The summed E-state index contributed by atoms with van der Waals surface area (Å²) in [4.78, 5) is 11.9. The van der Waals surface area contributed by atoms with E-state index in [2.05, 4.69) is 15.0 Å². The summed E-state index contributed by atoms with van der Waals surface area (Å²) in [5.74, 6) is 1.12. The Kier molecular flexibility index (Phi) is 3.26. The van der Waals surface area contributed by atoms with Crippen LogP contribution >= 0.6 is 11.6 Å². The maximum Gasteiger partial charge on any atom is 0.221 e. The second-order valence-corrected chi connectivity index (χ2v) is 4.47. The third kappa shape index (κ3) is 2.57. The summed E-state index contributed by atoms with van der Waals surface area (Å²) >= 11 is 6.03. The topological polar surface area (TPSA) is 71.2 Å². The molecule has 0 amide bonds. The molecule has 0 saturated heterocycles. The largest absolute Gasteiger partial charge is 0.438 e. The minimum atomic E-state index is 0.165. The van der Waals surface area contributed by atoms with Crippen LogP contribution in [0.4, 0.5) is 0 Å². The molecule has 2 aromatic rings. The van der Waals surface area contributed by atoms with Gasteiger partial charge in [0.2, 0.25) is 5.90 Å². The zero-order chi connectivity index (χ0) is 13.9. The van der Waals surface area contributed by atoms with Crippen LogP contribution < -0.4 is 4.74 Å².